The minimum atomic E-state index is -0.334. The summed E-state index contributed by atoms with van der Waals surface area (Å²) in [7, 11) is 4.02. The van der Waals surface area contributed by atoms with Crippen molar-refractivity contribution in [2.75, 3.05) is 50.5 Å². The molecular formula is C31H40N8O. The monoisotopic (exact) mass is 540 g/mol. The first kappa shape index (κ1) is 27.6. The summed E-state index contributed by atoms with van der Waals surface area (Å²) in [4.78, 5) is 28.6. The van der Waals surface area contributed by atoms with E-state index in [1.54, 1.807) is 6.20 Å². The molecule has 2 aromatic carbocycles. The van der Waals surface area contributed by atoms with Crippen LogP contribution in [0.3, 0.4) is 0 Å². The Morgan fingerprint density at radius 2 is 1.68 bits per heavy atom. The fraction of sp³-hybridized carbons (Fsp3) is 0.387. The standard InChI is InChI=1S/C31H40N8O/c1-37-19-14-26(15-20-37)38(2)29(40)23-10-12-25(13-11-23)35-30(32)36-28-27(9-6-18-34-28)39-21-16-31(33,17-22-39)24-7-4-3-5-8-24/h3-13,18,26H,14-17,19-22,33H2,1-2H3,(H3,32,34,35,36). The van der Waals surface area contributed by atoms with Crippen LogP contribution in [0.15, 0.2) is 77.9 Å². The van der Waals surface area contributed by atoms with E-state index in [2.05, 4.69) is 44.3 Å². The van der Waals surface area contributed by atoms with E-state index in [1.807, 2.05) is 66.5 Å². The molecule has 5 N–H and O–H groups in total. The number of rotatable bonds is 6. The molecule has 1 aromatic heterocycles. The second-order valence-corrected chi connectivity index (χ2v) is 11.0. The largest absolute Gasteiger partial charge is 0.369 e. The van der Waals surface area contributed by atoms with Gasteiger partial charge in [-0.3, -0.25) is 4.79 Å². The molecule has 0 bridgehead atoms. The Kier molecular flexibility index (Phi) is 8.32. The summed E-state index contributed by atoms with van der Waals surface area (Å²) in [6, 6.07) is 21.9. The molecule has 0 radical (unpaired) electrons. The van der Waals surface area contributed by atoms with Crippen LogP contribution in [-0.2, 0) is 5.54 Å². The average Bonchev–Trinajstić information content (AvgIpc) is 2.98. The van der Waals surface area contributed by atoms with Crippen LogP contribution >= 0.6 is 0 Å². The smallest absolute Gasteiger partial charge is 0.253 e. The van der Waals surface area contributed by atoms with Crippen LogP contribution in [0.2, 0.25) is 0 Å². The molecular weight excluding hydrogens is 500 g/mol. The van der Waals surface area contributed by atoms with Crippen LogP contribution in [0.4, 0.5) is 17.2 Å². The number of amides is 1. The number of carbonyl (C=O) groups is 1. The molecule has 1 amide bonds. The Morgan fingerprint density at radius 3 is 2.35 bits per heavy atom. The summed E-state index contributed by atoms with van der Waals surface area (Å²) in [6.07, 6.45) is 5.39. The van der Waals surface area contributed by atoms with Crippen molar-refractivity contribution >= 4 is 29.1 Å². The zero-order valence-corrected chi connectivity index (χ0v) is 23.5. The fourth-order valence-corrected chi connectivity index (χ4v) is 5.66. The van der Waals surface area contributed by atoms with E-state index in [1.165, 1.54) is 5.56 Å². The molecule has 2 saturated heterocycles. The van der Waals surface area contributed by atoms with E-state index in [4.69, 9.17) is 11.5 Å². The zero-order valence-electron chi connectivity index (χ0n) is 23.5. The summed E-state index contributed by atoms with van der Waals surface area (Å²) in [5.41, 5.74) is 16.3. The van der Waals surface area contributed by atoms with Gasteiger partial charge in [0.25, 0.3) is 5.91 Å². The second-order valence-electron chi connectivity index (χ2n) is 11.0. The van der Waals surface area contributed by atoms with Gasteiger partial charge in [0, 0.05) is 49.2 Å². The predicted octanol–water partition coefficient (Wildman–Crippen LogP) is 3.76. The first-order valence-corrected chi connectivity index (χ1v) is 14.0. The van der Waals surface area contributed by atoms with Crippen molar-refractivity contribution in [2.45, 2.75) is 37.3 Å². The Labute approximate surface area is 236 Å². The second kappa shape index (κ2) is 12.1. The third-order valence-corrected chi connectivity index (χ3v) is 8.30. The topological polar surface area (TPSA) is 116 Å². The van der Waals surface area contributed by atoms with Gasteiger partial charge in [-0.25, -0.2) is 4.98 Å². The highest BCUT2D eigenvalue weighted by molar-refractivity contribution is 5.97. The number of nitrogens with zero attached hydrogens (tertiary/aromatic N) is 5. The molecule has 3 aromatic rings. The van der Waals surface area contributed by atoms with Gasteiger partial charge >= 0.3 is 0 Å². The number of benzene rings is 2. The lowest BCUT2D eigenvalue weighted by Gasteiger charge is -2.40. The van der Waals surface area contributed by atoms with Crippen molar-refractivity contribution in [1.82, 2.24) is 14.8 Å². The first-order chi connectivity index (χ1) is 19.3. The van der Waals surface area contributed by atoms with E-state index >= 15 is 0 Å². The SMILES string of the molecule is CN1CCC(N(C)C(=O)c2ccc(NC(N)=Nc3ncccc3N3CCC(N)(c4ccccc4)CC3)cc2)CC1. The highest BCUT2D eigenvalue weighted by Gasteiger charge is 2.33. The highest BCUT2D eigenvalue weighted by Crippen LogP contribution is 2.35. The van der Waals surface area contributed by atoms with Crippen LogP contribution in [0.1, 0.15) is 41.6 Å². The van der Waals surface area contributed by atoms with Crippen LogP contribution in [0.25, 0.3) is 0 Å². The van der Waals surface area contributed by atoms with Gasteiger partial charge in [0.2, 0.25) is 0 Å². The van der Waals surface area contributed by atoms with Gasteiger partial charge in [0.1, 0.15) is 0 Å². The van der Waals surface area contributed by atoms with E-state index in [0.717, 1.165) is 63.2 Å². The molecule has 0 saturated carbocycles. The number of pyridine rings is 1. The summed E-state index contributed by atoms with van der Waals surface area (Å²) >= 11 is 0. The Hall–Kier alpha value is -3.95. The fourth-order valence-electron chi connectivity index (χ4n) is 5.66. The molecule has 2 aliphatic heterocycles. The number of piperidine rings is 2. The van der Waals surface area contributed by atoms with E-state index in [-0.39, 0.29) is 23.4 Å². The van der Waals surface area contributed by atoms with Crippen LogP contribution < -0.4 is 21.7 Å². The molecule has 210 valence electrons. The average molecular weight is 541 g/mol. The molecule has 2 fully saturated rings. The number of carbonyl (C=O) groups excluding carboxylic acids is 1. The molecule has 9 heteroatoms. The number of nitrogens with one attached hydrogen (secondary N) is 1. The molecule has 2 aliphatic rings. The van der Waals surface area contributed by atoms with E-state index in [9.17, 15) is 4.79 Å². The first-order valence-electron chi connectivity index (χ1n) is 14.0. The van der Waals surface area contributed by atoms with Crippen molar-refractivity contribution in [2.24, 2.45) is 16.5 Å². The Morgan fingerprint density at radius 1 is 1.00 bits per heavy atom. The van der Waals surface area contributed by atoms with Gasteiger partial charge < -0.3 is 31.5 Å². The molecule has 40 heavy (non-hydrogen) atoms. The molecule has 3 heterocycles. The molecule has 0 aliphatic carbocycles. The van der Waals surface area contributed by atoms with Gasteiger partial charge in [-0.1, -0.05) is 30.3 Å². The quantitative estimate of drug-likeness (QED) is 0.322. The third-order valence-electron chi connectivity index (χ3n) is 8.30. The van der Waals surface area contributed by atoms with Gasteiger partial charge in [0.15, 0.2) is 11.8 Å². The summed E-state index contributed by atoms with van der Waals surface area (Å²) < 4.78 is 0. The zero-order chi connectivity index (χ0) is 28.1. The van der Waals surface area contributed by atoms with Crippen LogP contribution in [-0.4, -0.2) is 73.0 Å². The summed E-state index contributed by atoms with van der Waals surface area (Å²) in [5, 5.41) is 3.14. The van der Waals surface area contributed by atoms with Crippen LogP contribution in [0, 0.1) is 0 Å². The van der Waals surface area contributed by atoms with Crippen molar-refractivity contribution < 1.29 is 4.79 Å². The molecule has 9 nitrogen and oxygen atoms in total. The van der Waals surface area contributed by atoms with Crippen molar-refractivity contribution in [3.05, 3.63) is 84.1 Å². The normalized spacial score (nSPS) is 18.4. The van der Waals surface area contributed by atoms with E-state index < -0.39 is 0 Å². The van der Waals surface area contributed by atoms with Gasteiger partial charge in [-0.05, 0) is 87.8 Å². The molecule has 5 rings (SSSR count). The van der Waals surface area contributed by atoms with Gasteiger partial charge in [0.05, 0.1) is 5.69 Å². The lowest BCUT2D eigenvalue weighted by atomic mass is 9.82. The summed E-state index contributed by atoms with van der Waals surface area (Å²) in [5.74, 6) is 0.830. The van der Waals surface area contributed by atoms with E-state index in [0.29, 0.717) is 11.4 Å². The number of aliphatic imine (C=N–C) groups is 1. The number of nitrogens with two attached hydrogens (primary N) is 2. The number of likely N-dealkylation sites (tertiary alicyclic amines) is 1. The van der Waals surface area contributed by atoms with Gasteiger partial charge in [-0.2, -0.15) is 4.99 Å². The van der Waals surface area contributed by atoms with Crippen molar-refractivity contribution in [1.29, 1.82) is 0 Å². The minimum Gasteiger partial charge on any atom is -0.369 e. The maximum atomic E-state index is 13.0. The molecule has 0 atom stereocenters. The number of anilines is 2. The number of hydrogen-bond acceptors (Lipinski definition) is 6. The molecule has 0 spiro atoms. The van der Waals surface area contributed by atoms with Crippen LogP contribution in [0.5, 0.6) is 0 Å². The maximum Gasteiger partial charge on any atom is 0.253 e. The van der Waals surface area contributed by atoms with Gasteiger partial charge in [-0.15, -0.1) is 0 Å². The number of aromatic nitrogens is 1. The highest BCUT2D eigenvalue weighted by atomic mass is 16.2. The Balaban J connectivity index is 1.22. The number of guanidine groups is 1. The molecule has 0 unspecified atom stereocenters. The predicted molar refractivity (Wildman–Crippen MR) is 162 cm³/mol. The van der Waals surface area contributed by atoms with Crippen molar-refractivity contribution in [3.8, 4) is 0 Å². The lowest BCUT2D eigenvalue weighted by Crippen LogP contribution is -2.48. The maximum absolute atomic E-state index is 13.0. The minimum absolute atomic E-state index is 0.0381. The lowest BCUT2D eigenvalue weighted by molar-refractivity contribution is 0.0659. The Bertz CT molecular complexity index is 1310. The van der Waals surface area contributed by atoms with Crippen molar-refractivity contribution in [3.63, 3.8) is 0 Å². The summed E-state index contributed by atoms with van der Waals surface area (Å²) in [6.45, 7) is 3.63. The number of hydrogen-bond donors (Lipinski definition) is 3. The third kappa shape index (κ3) is 6.26.